The first-order valence-corrected chi connectivity index (χ1v) is 7.12. The van der Waals surface area contributed by atoms with Gasteiger partial charge in [-0.1, -0.05) is 32.9 Å². The number of oxazole rings is 1. The molecule has 0 aliphatic rings. The monoisotopic (exact) mass is 280 g/mol. The zero-order valence-electron chi connectivity index (χ0n) is 12.9. The van der Waals surface area contributed by atoms with E-state index < -0.39 is 0 Å². The normalized spacial score (nSPS) is 12.0. The Bertz CT molecular complexity index is 792. The van der Waals surface area contributed by atoms with Gasteiger partial charge >= 0.3 is 0 Å². The number of aromatic nitrogens is 1. The Morgan fingerprint density at radius 1 is 1.05 bits per heavy atom. The molecule has 2 aromatic carbocycles. The van der Waals surface area contributed by atoms with Gasteiger partial charge in [0, 0.05) is 11.3 Å². The summed E-state index contributed by atoms with van der Waals surface area (Å²) < 4.78 is 5.90. The summed E-state index contributed by atoms with van der Waals surface area (Å²) in [7, 11) is 0. The molecule has 0 bridgehead atoms. The molecule has 1 heterocycles. The van der Waals surface area contributed by atoms with Crippen molar-refractivity contribution in [2.75, 3.05) is 5.73 Å². The van der Waals surface area contributed by atoms with Gasteiger partial charge in [-0.2, -0.15) is 0 Å². The van der Waals surface area contributed by atoms with E-state index in [2.05, 4.69) is 50.0 Å². The Hall–Kier alpha value is -2.29. The van der Waals surface area contributed by atoms with Crippen LogP contribution in [0.25, 0.3) is 22.6 Å². The third-order valence-corrected chi connectivity index (χ3v) is 3.70. The molecule has 0 aliphatic carbocycles. The number of rotatable bonds is 1. The van der Waals surface area contributed by atoms with Crippen molar-refractivity contribution in [1.82, 2.24) is 4.98 Å². The van der Waals surface area contributed by atoms with Gasteiger partial charge in [0.05, 0.1) is 0 Å². The average molecular weight is 280 g/mol. The molecule has 0 amide bonds. The van der Waals surface area contributed by atoms with Gasteiger partial charge < -0.3 is 10.2 Å². The summed E-state index contributed by atoms with van der Waals surface area (Å²) in [6.07, 6.45) is 0. The summed E-state index contributed by atoms with van der Waals surface area (Å²) in [6, 6.07) is 12.1. The largest absolute Gasteiger partial charge is 0.436 e. The molecule has 0 saturated carbocycles. The summed E-state index contributed by atoms with van der Waals surface area (Å²) >= 11 is 0. The fourth-order valence-electron chi connectivity index (χ4n) is 2.46. The first kappa shape index (κ1) is 13.7. The second-order valence-electron chi connectivity index (χ2n) is 6.53. The molecule has 0 unspecified atom stereocenters. The van der Waals surface area contributed by atoms with E-state index in [4.69, 9.17) is 10.2 Å². The number of nitrogens with two attached hydrogens (primary N) is 1. The minimum Gasteiger partial charge on any atom is -0.436 e. The number of hydrogen-bond acceptors (Lipinski definition) is 3. The molecule has 0 fully saturated rings. The van der Waals surface area contributed by atoms with E-state index in [9.17, 15) is 0 Å². The fraction of sp³-hybridized carbons (Fsp3) is 0.278. The quantitative estimate of drug-likeness (QED) is 0.658. The number of fused-ring (bicyclic) bond motifs is 1. The molecule has 3 heteroatoms. The maximum absolute atomic E-state index is 5.90. The Morgan fingerprint density at radius 3 is 2.33 bits per heavy atom. The van der Waals surface area contributed by atoms with Crippen molar-refractivity contribution < 1.29 is 4.42 Å². The second kappa shape index (κ2) is 4.62. The summed E-state index contributed by atoms with van der Waals surface area (Å²) in [6.45, 7) is 8.59. The molecular weight excluding hydrogens is 260 g/mol. The van der Waals surface area contributed by atoms with Crippen LogP contribution in [0.5, 0.6) is 0 Å². The van der Waals surface area contributed by atoms with Crippen molar-refractivity contribution in [3.05, 3.63) is 47.5 Å². The van der Waals surface area contributed by atoms with Crippen LogP contribution in [0.4, 0.5) is 5.69 Å². The van der Waals surface area contributed by atoms with Crippen LogP contribution in [0, 0.1) is 6.92 Å². The smallest absolute Gasteiger partial charge is 0.227 e. The van der Waals surface area contributed by atoms with Crippen LogP contribution in [-0.4, -0.2) is 4.98 Å². The van der Waals surface area contributed by atoms with Gasteiger partial charge in [0.1, 0.15) is 5.52 Å². The van der Waals surface area contributed by atoms with Gasteiger partial charge in [0.2, 0.25) is 5.89 Å². The van der Waals surface area contributed by atoms with Crippen molar-refractivity contribution in [1.29, 1.82) is 0 Å². The molecule has 0 saturated heterocycles. The number of anilines is 1. The summed E-state index contributed by atoms with van der Waals surface area (Å²) in [5, 5.41) is 0. The van der Waals surface area contributed by atoms with Crippen molar-refractivity contribution >= 4 is 16.8 Å². The maximum Gasteiger partial charge on any atom is 0.227 e. The average Bonchev–Trinajstić information content (AvgIpc) is 2.82. The van der Waals surface area contributed by atoms with Gasteiger partial charge in [-0.25, -0.2) is 4.98 Å². The van der Waals surface area contributed by atoms with Crippen LogP contribution in [0.2, 0.25) is 0 Å². The van der Waals surface area contributed by atoms with Crippen molar-refractivity contribution in [2.45, 2.75) is 33.1 Å². The number of hydrogen-bond donors (Lipinski definition) is 1. The Morgan fingerprint density at radius 2 is 1.71 bits per heavy atom. The molecule has 3 rings (SSSR count). The van der Waals surface area contributed by atoms with Crippen molar-refractivity contribution in [3.8, 4) is 11.5 Å². The Labute approximate surface area is 124 Å². The lowest BCUT2D eigenvalue weighted by Crippen LogP contribution is -2.10. The van der Waals surface area contributed by atoms with Gasteiger partial charge in [-0.05, 0) is 47.7 Å². The van der Waals surface area contributed by atoms with E-state index >= 15 is 0 Å². The lowest BCUT2D eigenvalue weighted by Gasteiger charge is -2.18. The van der Waals surface area contributed by atoms with Crippen LogP contribution in [0.15, 0.2) is 40.8 Å². The number of benzene rings is 2. The lowest BCUT2D eigenvalue weighted by atomic mass is 9.87. The van der Waals surface area contributed by atoms with Crippen LogP contribution < -0.4 is 5.73 Å². The Kier molecular flexibility index (Phi) is 3.01. The highest BCUT2D eigenvalue weighted by Crippen LogP contribution is 2.30. The molecule has 0 radical (unpaired) electrons. The first-order chi connectivity index (χ1) is 9.84. The van der Waals surface area contributed by atoms with Crippen molar-refractivity contribution in [3.63, 3.8) is 0 Å². The summed E-state index contributed by atoms with van der Waals surface area (Å²) in [5.74, 6) is 0.638. The van der Waals surface area contributed by atoms with E-state index in [0.29, 0.717) is 11.6 Å². The topological polar surface area (TPSA) is 52.0 Å². The summed E-state index contributed by atoms with van der Waals surface area (Å²) in [5.41, 5.74) is 11.6. The molecule has 21 heavy (non-hydrogen) atoms. The molecule has 108 valence electrons. The molecule has 0 aliphatic heterocycles. The predicted octanol–water partition coefficient (Wildman–Crippen LogP) is 4.68. The van der Waals surface area contributed by atoms with Crippen LogP contribution in [0.3, 0.4) is 0 Å². The van der Waals surface area contributed by atoms with E-state index in [0.717, 1.165) is 22.2 Å². The number of nitrogens with zero attached hydrogens (tertiary/aromatic N) is 1. The summed E-state index contributed by atoms with van der Waals surface area (Å²) in [4.78, 5) is 4.55. The minimum atomic E-state index is 0.144. The van der Waals surface area contributed by atoms with Gasteiger partial charge in [-0.15, -0.1) is 0 Å². The Balaban J connectivity index is 2.06. The van der Waals surface area contributed by atoms with E-state index in [-0.39, 0.29) is 5.41 Å². The van der Waals surface area contributed by atoms with Crippen LogP contribution in [-0.2, 0) is 5.41 Å². The SMILES string of the molecule is Cc1cc(N)cc2nc(-c3ccc(C(C)(C)C)cc3)oc12. The third-order valence-electron chi connectivity index (χ3n) is 3.70. The van der Waals surface area contributed by atoms with Gasteiger partial charge in [0.15, 0.2) is 5.58 Å². The molecule has 0 spiro atoms. The van der Waals surface area contributed by atoms with Crippen molar-refractivity contribution in [2.24, 2.45) is 0 Å². The molecule has 0 atom stereocenters. The second-order valence-corrected chi connectivity index (χ2v) is 6.53. The minimum absolute atomic E-state index is 0.144. The van der Waals surface area contributed by atoms with Crippen LogP contribution >= 0.6 is 0 Å². The van der Waals surface area contributed by atoms with Crippen LogP contribution in [0.1, 0.15) is 31.9 Å². The molecular formula is C18H20N2O. The van der Waals surface area contributed by atoms with E-state index in [1.54, 1.807) is 0 Å². The maximum atomic E-state index is 5.90. The van der Waals surface area contributed by atoms with Gasteiger partial charge in [-0.3, -0.25) is 0 Å². The molecule has 3 aromatic rings. The molecule has 1 aromatic heterocycles. The fourth-order valence-corrected chi connectivity index (χ4v) is 2.46. The zero-order chi connectivity index (χ0) is 15.2. The lowest BCUT2D eigenvalue weighted by molar-refractivity contribution is 0.589. The molecule has 3 nitrogen and oxygen atoms in total. The van der Waals surface area contributed by atoms with E-state index in [1.807, 2.05) is 19.1 Å². The number of nitrogen functional groups attached to an aromatic ring is 1. The molecule has 2 N–H and O–H groups in total. The third kappa shape index (κ3) is 2.51. The van der Waals surface area contributed by atoms with E-state index in [1.165, 1.54) is 5.56 Å². The van der Waals surface area contributed by atoms with Gasteiger partial charge in [0.25, 0.3) is 0 Å². The first-order valence-electron chi connectivity index (χ1n) is 7.12. The highest BCUT2D eigenvalue weighted by molar-refractivity contribution is 5.82. The predicted molar refractivity (Wildman–Crippen MR) is 87.3 cm³/mol. The number of aryl methyl sites for hydroxylation is 1. The highest BCUT2D eigenvalue weighted by Gasteiger charge is 2.15. The highest BCUT2D eigenvalue weighted by atomic mass is 16.3. The zero-order valence-corrected chi connectivity index (χ0v) is 12.9. The standard InChI is InChI=1S/C18H20N2O/c1-11-9-14(19)10-15-16(11)21-17(20-15)12-5-7-13(8-6-12)18(2,3)4/h5-10H,19H2,1-4H3.